The van der Waals surface area contributed by atoms with E-state index in [2.05, 4.69) is 75.3 Å². The smallest absolute Gasteiger partial charge is 0.134 e. The number of hydrogen-bond donors (Lipinski definition) is 1. The Morgan fingerprint density at radius 2 is 1.67 bits per heavy atom. The highest BCUT2D eigenvalue weighted by Gasteiger charge is 2.03. The second kappa shape index (κ2) is 7.97. The van der Waals surface area contributed by atoms with Crippen LogP contribution in [0, 0.1) is 0 Å². The molecule has 2 aromatic rings. The predicted octanol–water partition coefficient (Wildman–Crippen LogP) is 5.29. The third kappa shape index (κ3) is 5.46. The molecule has 0 aliphatic heterocycles. The molecule has 1 N–H and O–H groups in total. The average Bonchev–Trinajstić information content (AvgIpc) is 2.45. The Labute approximate surface area is 143 Å². The molecular formula is C17H19Br2NO. The third-order valence-electron chi connectivity index (χ3n) is 3.03. The fraction of sp³-hybridized carbons (Fsp3) is 0.294. The third-order valence-corrected chi connectivity index (χ3v) is 4.14. The minimum atomic E-state index is 0.503. The van der Waals surface area contributed by atoms with E-state index >= 15 is 0 Å². The summed E-state index contributed by atoms with van der Waals surface area (Å²) in [5.41, 5.74) is 2.45. The van der Waals surface area contributed by atoms with Crippen molar-refractivity contribution in [2.75, 3.05) is 0 Å². The molecule has 0 aliphatic carbocycles. The van der Waals surface area contributed by atoms with Gasteiger partial charge in [0.1, 0.15) is 12.4 Å². The molecule has 0 bridgehead atoms. The largest absolute Gasteiger partial charge is 0.488 e. The van der Waals surface area contributed by atoms with Crippen molar-refractivity contribution in [3.8, 4) is 5.75 Å². The second-order valence-electron chi connectivity index (χ2n) is 5.22. The van der Waals surface area contributed by atoms with E-state index in [-0.39, 0.29) is 0 Å². The topological polar surface area (TPSA) is 21.3 Å². The molecule has 0 radical (unpaired) electrons. The molecule has 2 rings (SSSR count). The molecule has 0 heterocycles. The van der Waals surface area contributed by atoms with E-state index < -0.39 is 0 Å². The fourth-order valence-electron chi connectivity index (χ4n) is 1.83. The molecule has 0 saturated heterocycles. The number of rotatable bonds is 6. The van der Waals surface area contributed by atoms with E-state index in [9.17, 15) is 0 Å². The fourth-order valence-corrected chi connectivity index (χ4v) is 2.99. The molecule has 2 aromatic carbocycles. The van der Waals surface area contributed by atoms with Gasteiger partial charge in [-0.15, -0.1) is 0 Å². The standard InChI is InChI=1S/C17H19Br2NO/c1-12(2)20-10-13-3-5-14(6-4-13)11-21-17-8-7-15(18)9-16(17)19/h3-9,12,20H,10-11H2,1-2H3. The molecule has 0 spiro atoms. The quantitative estimate of drug-likeness (QED) is 0.695. The van der Waals surface area contributed by atoms with Crippen LogP contribution >= 0.6 is 31.9 Å². The van der Waals surface area contributed by atoms with Gasteiger partial charge < -0.3 is 10.1 Å². The van der Waals surface area contributed by atoms with Crippen molar-refractivity contribution >= 4 is 31.9 Å². The van der Waals surface area contributed by atoms with Gasteiger partial charge in [0.2, 0.25) is 0 Å². The van der Waals surface area contributed by atoms with Crippen molar-refractivity contribution in [1.29, 1.82) is 0 Å². The zero-order valence-electron chi connectivity index (χ0n) is 12.2. The van der Waals surface area contributed by atoms with Gasteiger partial charge in [-0.2, -0.15) is 0 Å². The van der Waals surface area contributed by atoms with Crippen LogP contribution in [0.5, 0.6) is 5.75 Å². The van der Waals surface area contributed by atoms with Crippen molar-refractivity contribution in [2.24, 2.45) is 0 Å². The van der Waals surface area contributed by atoms with Crippen molar-refractivity contribution in [3.63, 3.8) is 0 Å². The lowest BCUT2D eigenvalue weighted by Crippen LogP contribution is -2.21. The minimum absolute atomic E-state index is 0.503. The molecule has 0 amide bonds. The summed E-state index contributed by atoms with van der Waals surface area (Å²) in [4.78, 5) is 0. The number of ether oxygens (including phenoxy) is 1. The van der Waals surface area contributed by atoms with E-state index in [1.165, 1.54) is 5.56 Å². The first-order valence-corrected chi connectivity index (χ1v) is 8.52. The van der Waals surface area contributed by atoms with E-state index in [1.807, 2.05) is 18.2 Å². The van der Waals surface area contributed by atoms with Gasteiger partial charge in [0, 0.05) is 17.1 Å². The van der Waals surface area contributed by atoms with Crippen LogP contribution in [0.4, 0.5) is 0 Å². The van der Waals surface area contributed by atoms with Gasteiger partial charge in [0.05, 0.1) is 4.47 Å². The Bertz CT molecular complexity index is 582. The highest BCUT2D eigenvalue weighted by atomic mass is 79.9. The first-order valence-electron chi connectivity index (χ1n) is 6.93. The highest BCUT2D eigenvalue weighted by molar-refractivity contribution is 9.11. The maximum absolute atomic E-state index is 5.83. The summed E-state index contributed by atoms with van der Waals surface area (Å²) in [5, 5.41) is 3.41. The Balaban J connectivity index is 1.91. The zero-order chi connectivity index (χ0) is 15.2. The molecular weight excluding hydrogens is 394 g/mol. The molecule has 0 atom stereocenters. The molecule has 0 fully saturated rings. The molecule has 0 saturated carbocycles. The average molecular weight is 413 g/mol. The van der Waals surface area contributed by atoms with Crippen LogP contribution in [0.2, 0.25) is 0 Å². The Morgan fingerprint density at radius 3 is 2.29 bits per heavy atom. The lowest BCUT2D eigenvalue weighted by Gasteiger charge is -2.10. The van der Waals surface area contributed by atoms with Crippen LogP contribution in [-0.4, -0.2) is 6.04 Å². The van der Waals surface area contributed by atoms with E-state index in [0.717, 1.165) is 26.8 Å². The van der Waals surface area contributed by atoms with Crippen molar-refractivity contribution in [2.45, 2.75) is 33.0 Å². The lowest BCUT2D eigenvalue weighted by atomic mass is 10.1. The zero-order valence-corrected chi connectivity index (χ0v) is 15.4. The van der Waals surface area contributed by atoms with Crippen LogP contribution in [0.1, 0.15) is 25.0 Å². The molecule has 112 valence electrons. The second-order valence-corrected chi connectivity index (χ2v) is 6.99. The summed E-state index contributed by atoms with van der Waals surface area (Å²) in [7, 11) is 0. The van der Waals surface area contributed by atoms with Gasteiger partial charge in [0.15, 0.2) is 0 Å². The number of hydrogen-bond acceptors (Lipinski definition) is 2. The van der Waals surface area contributed by atoms with E-state index in [4.69, 9.17) is 4.74 Å². The minimum Gasteiger partial charge on any atom is -0.488 e. The molecule has 0 unspecified atom stereocenters. The van der Waals surface area contributed by atoms with Gasteiger partial charge in [-0.05, 0) is 45.3 Å². The van der Waals surface area contributed by atoms with Crippen molar-refractivity contribution in [3.05, 3.63) is 62.5 Å². The van der Waals surface area contributed by atoms with Crippen molar-refractivity contribution < 1.29 is 4.74 Å². The molecule has 0 aliphatic rings. The molecule has 21 heavy (non-hydrogen) atoms. The van der Waals surface area contributed by atoms with Gasteiger partial charge in [-0.25, -0.2) is 0 Å². The van der Waals surface area contributed by atoms with E-state index in [0.29, 0.717) is 12.6 Å². The summed E-state index contributed by atoms with van der Waals surface area (Å²) >= 11 is 6.94. The van der Waals surface area contributed by atoms with E-state index in [1.54, 1.807) is 0 Å². The van der Waals surface area contributed by atoms with Crippen LogP contribution in [0.25, 0.3) is 0 Å². The highest BCUT2D eigenvalue weighted by Crippen LogP contribution is 2.28. The summed E-state index contributed by atoms with van der Waals surface area (Å²) in [5.74, 6) is 0.851. The molecule has 4 heteroatoms. The van der Waals surface area contributed by atoms with Gasteiger partial charge >= 0.3 is 0 Å². The number of nitrogens with one attached hydrogen (secondary N) is 1. The summed E-state index contributed by atoms with van der Waals surface area (Å²) < 4.78 is 7.82. The van der Waals surface area contributed by atoms with Gasteiger partial charge in [0.25, 0.3) is 0 Å². The van der Waals surface area contributed by atoms with Crippen molar-refractivity contribution in [1.82, 2.24) is 5.32 Å². The Kier molecular flexibility index (Phi) is 6.27. The van der Waals surface area contributed by atoms with Crippen LogP contribution in [-0.2, 0) is 13.2 Å². The number of benzene rings is 2. The maximum Gasteiger partial charge on any atom is 0.134 e. The number of halogens is 2. The van der Waals surface area contributed by atoms with Gasteiger partial charge in [-0.3, -0.25) is 0 Å². The Morgan fingerprint density at radius 1 is 1.00 bits per heavy atom. The molecule has 0 aromatic heterocycles. The first kappa shape index (κ1) is 16.5. The normalized spacial score (nSPS) is 10.9. The van der Waals surface area contributed by atoms with Crippen LogP contribution in [0.3, 0.4) is 0 Å². The monoisotopic (exact) mass is 411 g/mol. The van der Waals surface area contributed by atoms with Crippen LogP contribution in [0.15, 0.2) is 51.4 Å². The summed E-state index contributed by atoms with van der Waals surface area (Å²) in [6.45, 7) is 5.77. The lowest BCUT2D eigenvalue weighted by molar-refractivity contribution is 0.304. The predicted molar refractivity (Wildman–Crippen MR) is 94.6 cm³/mol. The maximum atomic E-state index is 5.83. The first-order chi connectivity index (χ1) is 10.0. The Hall–Kier alpha value is -0.840. The van der Waals surface area contributed by atoms with Crippen LogP contribution < -0.4 is 10.1 Å². The van der Waals surface area contributed by atoms with Gasteiger partial charge in [-0.1, -0.05) is 54.0 Å². The SMILES string of the molecule is CC(C)NCc1ccc(COc2ccc(Br)cc2Br)cc1. The summed E-state index contributed by atoms with van der Waals surface area (Å²) in [6, 6.07) is 14.9. The molecule has 2 nitrogen and oxygen atoms in total. The summed E-state index contributed by atoms with van der Waals surface area (Å²) in [6.07, 6.45) is 0.